The summed E-state index contributed by atoms with van der Waals surface area (Å²) in [6.45, 7) is 0.390. The van der Waals surface area contributed by atoms with Crippen LogP contribution >= 0.6 is 11.6 Å². The standard InChI is InChI=1S/C18H14ClFN2O/c19-16-3-1-2-13(11-16)8-9-22-18(23)15(12-21)10-14-4-6-17(20)7-5-14/h1-7,10-11H,8-9H2,(H,22,23)/b15-10-. The van der Waals surface area contributed by atoms with E-state index in [1.807, 2.05) is 24.3 Å². The van der Waals surface area contributed by atoms with E-state index in [0.717, 1.165) is 5.56 Å². The number of halogens is 2. The highest BCUT2D eigenvalue weighted by molar-refractivity contribution is 6.30. The van der Waals surface area contributed by atoms with Crippen molar-refractivity contribution < 1.29 is 9.18 Å². The molecule has 2 aromatic carbocycles. The van der Waals surface area contributed by atoms with Gasteiger partial charge in [-0.1, -0.05) is 35.9 Å². The summed E-state index contributed by atoms with van der Waals surface area (Å²) in [5.74, 6) is -0.828. The molecule has 2 rings (SSSR count). The number of hydrogen-bond acceptors (Lipinski definition) is 2. The smallest absolute Gasteiger partial charge is 0.261 e. The van der Waals surface area contributed by atoms with Gasteiger partial charge in [-0.05, 0) is 47.9 Å². The molecule has 0 aliphatic carbocycles. The van der Waals surface area contributed by atoms with Crippen LogP contribution in [-0.2, 0) is 11.2 Å². The maximum Gasteiger partial charge on any atom is 0.261 e. The Morgan fingerprint density at radius 1 is 1.26 bits per heavy atom. The van der Waals surface area contributed by atoms with Crippen LogP contribution < -0.4 is 5.32 Å². The number of carbonyl (C=O) groups is 1. The second-order valence-electron chi connectivity index (χ2n) is 4.86. The van der Waals surface area contributed by atoms with Gasteiger partial charge in [0.25, 0.3) is 5.91 Å². The fourth-order valence-electron chi connectivity index (χ4n) is 1.98. The van der Waals surface area contributed by atoms with Crippen LogP contribution in [0.2, 0.25) is 5.02 Å². The Kier molecular flexibility index (Phi) is 5.90. The average molecular weight is 329 g/mol. The van der Waals surface area contributed by atoms with Gasteiger partial charge < -0.3 is 5.32 Å². The number of carbonyl (C=O) groups excluding carboxylic acids is 1. The average Bonchev–Trinajstić information content (AvgIpc) is 2.54. The Balaban J connectivity index is 1.95. The minimum Gasteiger partial charge on any atom is -0.351 e. The van der Waals surface area contributed by atoms with Crippen LogP contribution in [0.1, 0.15) is 11.1 Å². The highest BCUT2D eigenvalue weighted by Crippen LogP contribution is 2.11. The lowest BCUT2D eigenvalue weighted by atomic mass is 10.1. The lowest BCUT2D eigenvalue weighted by Crippen LogP contribution is -2.26. The SMILES string of the molecule is N#C/C(=C/c1ccc(F)cc1)C(=O)NCCc1cccc(Cl)c1. The van der Waals surface area contributed by atoms with Crippen LogP contribution in [-0.4, -0.2) is 12.5 Å². The van der Waals surface area contributed by atoms with E-state index in [0.29, 0.717) is 23.6 Å². The van der Waals surface area contributed by atoms with E-state index in [1.165, 1.54) is 30.3 Å². The molecular weight excluding hydrogens is 315 g/mol. The first-order valence-electron chi connectivity index (χ1n) is 6.98. The zero-order valence-electron chi connectivity index (χ0n) is 12.2. The molecule has 0 aliphatic heterocycles. The van der Waals surface area contributed by atoms with Gasteiger partial charge in [0.2, 0.25) is 0 Å². The second-order valence-corrected chi connectivity index (χ2v) is 5.29. The molecule has 0 unspecified atom stereocenters. The summed E-state index contributed by atoms with van der Waals surface area (Å²) in [5, 5.41) is 12.4. The van der Waals surface area contributed by atoms with Crippen LogP contribution in [0.15, 0.2) is 54.1 Å². The molecule has 0 bridgehead atoms. The third-order valence-electron chi connectivity index (χ3n) is 3.13. The fourth-order valence-corrected chi connectivity index (χ4v) is 2.20. The molecule has 0 aromatic heterocycles. The molecule has 0 heterocycles. The molecule has 0 atom stereocenters. The van der Waals surface area contributed by atoms with Crippen LogP contribution in [0.25, 0.3) is 6.08 Å². The van der Waals surface area contributed by atoms with Crippen molar-refractivity contribution in [3.63, 3.8) is 0 Å². The summed E-state index contributed by atoms with van der Waals surface area (Å²) in [4.78, 5) is 12.0. The predicted molar refractivity (Wildman–Crippen MR) is 88.2 cm³/mol. The molecule has 3 nitrogen and oxygen atoms in total. The number of nitriles is 1. The molecular formula is C18H14ClFN2O. The molecule has 1 amide bonds. The maximum absolute atomic E-state index is 12.8. The monoisotopic (exact) mass is 328 g/mol. The van der Waals surface area contributed by atoms with Crippen LogP contribution in [0, 0.1) is 17.1 Å². The van der Waals surface area contributed by atoms with Crippen molar-refractivity contribution in [2.24, 2.45) is 0 Å². The minimum atomic E-state index is -0.459. The van der Waals surface area contributed by atoms with Gasteiger partial charge in [-0.25, -0.2) is 4.39 Å². The first-order chi connectivity index (χ1) is 11.1. The largest absolute Gasteiger partial charge is 0.351 e. The van der Waals surface area contributed by atoms with Gasteiger partial charge in [0, 0.05) is 11.6 Å². The summed E-state index contributed by atoms with van der Waals surface area (Å²) >= 11 is 5.89. The Labute approximate surface area is 139 Å². The molecule has 116 valence electrons. The van der Waals surface area contributed by atoms with Gasteiger partial charge in [-0.15, -0.1) is 0 Å². The van der Waals surface area contributed by atoms with E-state index < -0.39 is 5.91 Å². The van der Waals surface area contributed by atoms with Crippen molar-refractivity contribution in [1.82, 2.24) is 5.32 Å². The third kappa shape index (κ3) is 5.24. The highest BCUT2D eigenvalue weighted by atomic mass is 35.5. The van der Waals surface area contributed by atoms with Gasteiger partial charge in [-0.3, -0.25) is 4.79 Å². The molecule has 0 aliphatic rings. The summed E-state index contributed by atoms with van der Waals surface area (Å²) in [6, 6.07) is 14.8. The van der Waals surface area contributed by atoms with Crippen LogP contribution in [0.4, 0.5) is 4.39 Å². The molecule has 23 heavy (non-hydrogen) atoms. The maximum atomic E-state index is 12.8. The normalized spacial score (nSPS) is 10.9. The van der Waals surface area contributed by atoms with Crippen molar-refractivity contribution in [2.75, 3.05) is 6.54 Å². The van der Waals surface area contributed by atoms with Gasteiger partial charge in [0.05, 0.1) is 0 Å². The molecule has 0 spiro atoms. The van der Waals surface area contributed by atoms with Crippen LogP contribution in [0.5, 0.6) is 0 Å². The summed E-state index contributed by atoms with van der Waals surface area (Å²) in [5.41, 5.74) is 1.56. The molecule has 0 saturated carbocycles. The second kappa shape index (κ2) is 8.11. The van der Waals surface area contributed by atoms with Gasteiger partial charge in [0.1, 0.15) is 17.5 Å². The zero-order chi connectivity index (χ0) is 16.7. The van der Waals surface area contributed by atoms with Crippen molar-refractivity contribution in [2.45, 2.75) is 6.42 Å². The first-order valence-corrected chi connectivity index (χ1v) is 7.36. The Morgan fingerprint density at radius 3 is 2.65 bits per heavy atom. The van der Waals surface area contributed by atoms with E-state index in [4.69, 9.17) is 16.9 Å². The van der Waals surface area contributed by atoms with Gasteiger partial charge in [0.15, 0.2) is 0 Å². The van der Waals surface area contributed by atoms with Crippen molar-refractivity contribution in [3.05, 3.63) is 76.1 Å². The van der Waals surface area contributed by atoms with E-state index in [2.05, 4.69) is 5.32 Å². The van der Waals surface area contributed by atoms with Gasteiger partial charge in [-0.2, -0.15) is 5.26 Å². The highest BCUT2D eigenvalue weighted by Gasteiger charge is 2.08. The van der Waals surface area contributed by atoms with E-state index >= 15 is 0 Å². The first kappa shape index (κ1) is 16.7. The third-order valence-corrected chi connectivity index (χ3v) is 3.37. The molecule has 0 fully saturated rings. The lowest BCUT2D eigenvalue weighted by Gasteiger charge is -2.05. The number of benzene rings is 2. The summed E-state index contributed by atoms with van der Waals surface area (Å²) in [7, 11) is 0. The number of hydrogen-bond donors (Lipinski definition) is 1. The van der Waals surface area contributed by atoms with E-state index in [9.17, 15) is 9.18 Å². The zero-order valence-corrected chi connectivity index (χ0v) is 13.0. The number of nitrogens with zero attached hydrogens (tertiary/aromatic N) is 1. The Hall–Kier alpha value is -2.64. The molecule has 5 heteroatoms. The fraction of sp³-hybridized carbons (Fsp3) is 0.111. The molecule has 2 aromatic rings. The molecule has 1 N–H and O–H groups in total. The lowest BCUT2D eigenvalue weighted by molar-refractivity contribution is -0.117. The van der Waals surface area contributed by atoms with E-state index in [1.54, 1.807) is 6.07 Å². The molecule has 0 saturated heterocycles. The quantitative estimate of drug-likeness (QED) is 0.671. The van der Waals surface area contributed by atoms with Crippen molar-refractivity contribution in [1.29, 1.82) is 5.26 Å². The van der Waals surface area contributed by atoms with Gasteiger partial charge >= 0.3 is 0 Å². The Bertz CT molecular complexity index is 763. The predicted octanol–water partition coefficient (Wildman–Crippen LogP) is 3.74. The van der Waals surface area contributed by atoms with Crippen LogP contribution in [0.3, 0.4) is 0 Å². The number of amides is 1. The van der Waals surface area contributed by atoms with Crippen molar-refractivity contribution in [3.8, 4) is 6.07 Å². The summed E-state index contributed by atoms with van der Waals surface area (Å²) in [6.07, 6.45) is 2.04. The molecule has 0 radical (unpaired) electrons. The van der Waals surface area contributed by atoms with Crippen molar-refractivity contribution >= 4 is 23.6 Å². The van der Waals surface area contributed by atoms with E-state index in [-0.39, 0.29) is 11.4 Å². The topological polar surface area (TPSA) is 52.9 Å². The number of rotatable bonds is 5. The Morgan fingerprint density at radius 2 is 2.00 bits per heavy atom. The minimum absolute atomic E-state index is 0.0253. The summed E-state index contributed by atoms with van der Waals surface area (Å²) < 4.78 is 12.8. The number of nitrogens with one attached hydrogen (secondary N) is 1.